The number of ether oxygens (including phenoxy) is 2. The molecule has 3 heterocycles. The van der Waals surface area contributed by atoms with Gasteiger partial charge in [-0.3, -0.25) is 9.78 Å². The number of carbonyl (C=O) groups is 1. The van der Waals surface area contributed by atoms with Gasteiger partial charge in [0.15, 0.2) is 5.82 Å². The molecule has 216 valence electrons. The SMILES string of the molecule is COCCCc1c(F)ccc2cc(O)cc(-c3ncc4c(N5CC(F)CC(C)(NC=O)C5)nc(OC)nc4c3F)c12. The van der Waals surface area contributed by atoms with E-state index in [-0.39, 0.29) is 59.2 Å². The fourth-order valence-corrected chi connectivity index (χ4v) is 5.62. The van der Waals surface area contributed by atoms with Crippen LogP contribution in [0.5, 0.6) is 11.8 Å². The molecule has 5 rings (SSSR count). The molecule has 4 aromatic rings. The van der Waals surface area contributed by atoms with Crippen LogP contribution in [-0.2, 0) is 16.0 Å². The monoisotopic (exact) mass is 569 g/mol. The molecule has 1 aliphatic heterocycles. The van der Waals surface area contributed by atoms with Crippen molar-refractivity contribution in [3.63, 3.8) is 0 Å². The summed E-state index contributed by atoms with van der Waals surface area (Å²) in [5.74, 6) is -1.26. The van der Waals surface area contributed by atoms with E-state index >= 15 is 8.78 Å². The van der Waals surface area contributed by atoms with Crippen LogP contribution in [0.3, 0.4) is 0 Å². The first-order chi connectivity index (χ1) is 19.7. The Morgan fingerprint density at radius 2 is 2.05 bits per heavy atom. The van der Waals surface area contributed by atoms with Crippen molar-refractivity contribution in [1.29, 1.82) is 0 Å². The summed E-state index contributed by atoms with van der Waals surface area (Å²) in [5, 5.41) is 14.3. The summed E-state index contributed by atoms with van der Waals surface area (Å²) in [6.07, 6.45) is 1.55. The minimum atomic E-state index is -1.29. The highest BCUT2D eigenvalue weighted by atomic mass is 19.1. The quantitative estimate of drug-likeness (QED) is 0.225. The number of nitrogens with one attached hydrogen (secondary N) is 1. The molecule has 2 unspecified atom stereocenters. The Morgan fingerprint density at radius 3 is 2.78 bits per heavy atom. The van der Waals surface area contributed by atoms with Crippen molar-refractivity contribution in [1.82, 2.24) is 20.3 Å². The van der Waals surface area contributed by atoms with E-state index in [1.807, 2.05) is 0 Å². The summed E-state index contributed by atoms with van der Waals surface area (Å²) in [6, 6.07) is 5.50. The Kier molecular flexibility index (Phi) is 7.85. The zero-order chi connectivity index (χ0) is 29.3. The van der Waals surface area contributed by atoms with E-state index < -0.39 is 23.3 Å². The predicted octanol–water partition coefficient (Wildman–Crippen LogP) is 4.47. The topological polar surface area (TPSA) is 110 Å². The van der Waals surface area contributed by atoms with Crippen LogP contribution in [0.4, 0.5) is 19.0 Å². The van der Waals surface area contributed by atoms with Crippen LogP contribution in [0.1, 0.15) is 25.3 Å². The predicted molar refractivity (Wildman–Crippen MR) is 148 cm³/mol. The molecule has 1 aliphatic rings. The van der Waals surface area contributed by atoms with Gasteiger partial charge in [-0.1, -0.05) is 6.07 Å². The van der Waals surface area contributed by atoms with Gasteiger partial charge in [0.1, 0.15) is 34.8 Å². The van der Waals surface area contributed by atoms with Crippen LogP contribution in [0.2, 0.25) is 0 Å². The molecule has 0 aliphatic carbocycles. The largest absolute Gasteiger partial charge is 0.508 e. The number of piperidine rings is 1. The molecule has 0 spiro atoms. The summed E-state index contributed by atoms with van der Waals surface area (Å²) in [7, 11) is 2.88. The van der Waals surface area contributed by atoms with Gasteiger partial charge in [0, 0.05) is 38.4 Å². The summed E-state index contributed by atoms with van der Waals surface area (Å²) >= 11 is 0. The number of anilines is 1. The number of rotatable bonds is 9. The fraction of sp³-hybridized carbons (Fsp3) is 0.379. The molecule has 1 fully saturated rings. The number of phenols is 1. The van der Waals surface area contributed by atoms with Crippen LogP contribution in [0.15, 0.2) is 30.5 Å². The van der Waals surface area contributed by atoms with Crippen LogP contribution in [0, 0.1) is 11.6 Å². The van der Waals surface area contributed by atoms with Crippen molar-refractivity contribution in [3.8, 4) is 23.0 Å². The average molecular weight is 570 g/mol. The number of hydrogen-bond acceptors (Lipinski definition) is 8. The standard InChI is InChI=1S/C29H30F3N5O4/c1-29(34-15-38)11-17(30)13-37(14-29)27-21-12-33-25(24(32)26(21)35-28(36-27)41-3)20-10-18(39)9-16-6-7-22(31)19(23(16)20)5-4-8-40-2/h6-7,9-10,12,15,17,39H,4-5,8,11,13-14H2,1-3H3,(H,34,38). The molecule has 2 atom stereocenters. The van der Waals surface area contributed by atoms with E-state index in [2.05, 4.69) is 20.3 Å². The van der Waals surface area contributed by atoms with E-state index in [1.54, 1.807) is 18.9 Å². The fourth-order valence-electron chi connectivity index (χ4n) is 5.62. The lowest BCUT2D eigenvalue weighted by atomic mass is 9.90. The van der Waals surface area contributed by atoms with Crippen molar-refractivity contribution in [3.05, 3.63) is 47.7 Å². The molecule has 9 nitrogen and oxygen atoms in total. The normalized spacial score (nSPS) is 19.1. The van der Waals surface area contributed by atoms with Crippen LogP contribution in [0.25, 0.3) is 32.9 Å². The highest BCUT2D eigenvalue weighted by Gasteiger charge is 2.38. The molecule has 1 saturated heterocycles. The van der Waals surface area contributed by atoms with Gasteiger partial charge < -0.3 is 24.8 Å². The van der Waals surface area contributed by atoms with Gasteiger partial charge in [-0.05, 0) is 54.3 Å². The number of aromatic hydroxyl groups is 1. The number of hydrogen-bond donors (Lipinski definition) is 2. The van der Waals surface area contributed by atoms with Gasteiger partial charge >= 0.3 is 6.01 Å². The summed E-state index contributed by atoms with van der Waals surface area (Å²) in [5.41, 5.74) is -0.648. The van der Waals surface area contributed by atoms with Gasteiger partial charge in [-0.15, -0.1) is 0 Å². The third kappa shape index (κ3) is 5.43. The molecule has 2 N–H and O–H groups in total. The lowest BCUT2D eigenvalue weighted by Gasteiger charge is -2.42. The third-order valence-electron chi connectivity index (χ3n) is 7.35. The van der Waals surface area contributed by atoms with Crippen molar-refractivity contribution in [2.75, 3.05) is 38.8 Å². The number of aromatic nitrogens is 3. The number of halogens is 3. The zero-order valence-corrected chi connectivity index (χ0v) is 22.9. The Labute approximate surface area is 234 Å². The second kappa shape index (κ2) is 11.4. The maximum Gasteiger partial charge on any atom is 0.318 e. The van der Waals surface area contributed by atoms with Gasteiger partial charge in [0.05, 0.1) is 24.6 Å². The van der Waals surface area contributed by atoms with Gasteiger partial charge in [-0.25, -0.2) is 13.2 Å². The van der Waals surface area contributed by atoms with Crippen molar-refractivity contribution >= 4 is 33.9 Å². The number of amides is 1. The number of methoxy groups -OCH3 is 2. The number of phenolic OH excluding ortho intramolecular Hbond substituents is 1. The highest BCUT2D eigenvalue weighted by Crippen LogP contribution is 2.39. The first-order valence-electron chi connectivity index (χ1n) is 13.1. The number of aryl methyl sites for hydroxylation is 1. The molecule has 0 saturated carbocycles. The van der Waals surface area contributed by atoms with Crippen LogP contribution < -0.4 is 15.0 Å². The second-order valence-electron chi connectivity index (χ2n) is 10.4. The lowest BCUT2D eigenvalue weighted by Crippen LogP contribution is -2.58. The molecule has 12 heteroatoms. The van der Waals surface area contributed by atoms with E-state index in [1.165, 1.54) is 37.6 Å². The number of nitrogens with zero attached hydrogens (tertiary/aromatic N) is 4. The van der Waals surface area contributed by atoms with Gasteiger partial charge in [0.2, 0.25) is 6.41 Å². The average Bonchev–Trinajstić information content (AvgIpc) is 2.93. The molecule has 41 heavy (non-hydrogen) atoms. The Balaban J connectivity index is 1.71. The number of alkyl halides is 1. The maximum absolute atomic E-state index is 16.4. The number of pyridine rings is 1. The van der Waals surface area contributed by atoms with Gasteiger partial charge in [0.25, 0.3) is 0 Å². The molecular weight excluding hydrogens is 539 g/mol. The van der Waals surface area contributed by atoms with Crippen LogP contribution >= 0.6 is 0 Å². The Bertz CT molecular complexity index is 1620. The zero-order valence-electron chi connectivity index (χ0n) is 22.9. The molecule has 0 radical (unpaired) electrons. The number of benzene rings is 2. The number of fused-ring (bicyclic) bond motifs is 2. The Hall–Kier alpha value is -4.19. The van der Waals surface area contributed by atoms with E-state index in [0.29, 0.717) is 42.2 Å². The minimum Gasteiger partial charge on any atom is -0.508 e. The van der Waals surface area contributed by atoms with Crippen molar-refractivity contribution in [2.45, 2.75) is 37.9 Å². The smallest absolute Gasteiger partial charge is 0.318 e. The molecular formula is C29H30F3N5O4. The summed E-state index contributed by atoms with van der Waals surface area (Å²) in [6.45, 7) is 2.28. The first-order valence-corrected chi connectivity index (χ1v) is 13.1. The van der Waals surface area contributed by atoms with Crippen LogP contribution in [-0.4, -0.2) is 72.1 Å². The van der Waals surface area contributed by atoms with E-state index in [0.717, 1.165) is 0 Å². The summed E-state index contributed by atoms with van der Waals surface area (Å²) in [4.78, 5) is 25.8. The molecule has 2 aromatic carbocycles. The van der Waals surface area contributed by atoms with E-state index in [4.69, 9.17) is 9.47 Å². The van der Waals surface area contributed by atoms with Crippen molar-refractivity contribution < 1.29 is 32.5 Å². The Morgan fingerprint density at radius 1 is 1.24 bits per heavy atom. The van der Waals surface area contributed by atoms with Gasteiger partial charge in [-0.2, -0.15) is 9.97 Å². The first kappa shape index (κ1) is 28.3. The molecule has 2 aromatic heterocycles. The minimum absolute atomic E-state index is 0.0456. The molecule has 1 amide bonds. The lowest BCUT2D eigenvalue weighted by molar-refractivity contribution is -0.111. The highest BCUT2D eigenvalue weighted by molar-refractivity contribution is 6.01. The maximum atomic E-state index is 16.4. The second-order valence-corrected chi connectivity index (χ2v) is 10.4. The number of carbonyl (C=O) groups excluding carboxylic acids is 1. The third-order valence-corrected chi connectivity index (χ3v) is 7.35. The summed E-state index contributed by atoms with van der Waals surface area (Å²) < 4.78 is 56.7. The van der Waals surface area contributed by atoms with Crippen molar-refractivity contribution in [2.24, 2.45) is 0 Å². The molecule has 0 bridgehead atoms. The van der Waals surface area contributed by atoms with E-state index in [9.17, 15) is 14.3 Å².